The molecule has 0 saturated heterocycles. The molecule has 19 heteroatoms. The zero-order valence-corrected chi connectivity index (χ0v) is 74.2. The van der Waals surface area contributed by atoms with E-state index in [-0.39, 0.29) is 25.7 Å². The van der Waals surface area contributed by atoms with Crippen molar-refractivity contribution in [2.75, 3.05) is 39.6 Å². The van der Waals surface area contributed by atoms with Crippen molar-refractivity contribution in [3.63, 3.8) is 0 Å². The number of carbonyl (C=O) groups is 4. The Morgan fingerprint density at radius 3 is 0.618 bits per heavy atom. The van der Waals surface area contributed by atoms with Gasteiger partial charge in [-0.3, -0.25) is 37.3 Å². The molecule has 0 aromatic carbocycles. The summed E-state index contributed by atoms with van der Waals surface area (Å²) in [5.74, 6) is -1.33. The first-order valence-electron chi connectivity index (χ1n) is 47.1. The lowest BCUT2D eigenvalue weighted by Crippen LogP contribution is -2.30. The maximum atomic E-state index is 13.2. The van der Waals surface area contributed by atoms with E-state index in [4.69, 9.17) is 37.0 Å². The molecule has 0 fully saturated rings. The van der Waals surface area contributed by atoms with Crippen LogP contribution in [0.2, 0.25) is 0 Å². The van der Waals surface area contributed by atoms with Crippen LogP contribution in [0.1, 0.15) is 497 Å². The van der Waals surface area contributed by atoms with Crippen LogP contribution in [0, 0.1) is 5.92 Å². The second-order valence-corrected chi connectivity index (χ2v) is 36.1. The molecule has 0 radical (unpaired) electrons. The molecule has 3 N–H and O–H groups in total. The zero-order valence-electron chi connectivity index (χ0n) is 72.4. The Kier molecular flexibility index (Phi) is 82.1. The predicted molar refractivity (Wildman–Crippen MR) is 455 cm³/mol. The molecule has 5 atom stereocenters. The van der Waals surface area contributed by atoms with Crippen molar-refractivity contribution in [1.82, 2.24) is 0 Å². The van der Waals surface area contributed by atoms with Gasteiger partial charge in [-0.05, 0) is 31.6 Å². The number of rotatable bonds is 91. The second kappa shape index (κ2) is 83.5. The highest BCUT2D eigenvalue weighted by Gasteiger charge is 2.31. The van der Waals surface area contributed by atoms with Crippen molar-refractivity contribution in [1.29, 1.82) is 0 Å². The first kappa shape index (κ1) is 108. The number of hydrogen-bond donors (Lipinski definition) is 3. The Bertz CT molecular complexity index is 2080. The summed E-state index contributed by atoms with van der Waals surface area (Å²) in [6.45, 7) is 7.38. The molecule has 0 aliphatic carbocycles. The van der Waals surface area contributed by atoms with Crippen molar-refractivity contribution in [2.45, 2.75) is 515 Å². The molecular weight excluding hydrogens is 1430 g/mol. The van der Waals surface area contributed by atoms with Crippen molar-refractivity contribution < 1.29 is 80.2 Å². The highest BCUT2D eigenvalue weighted by Crippen LogP contribution is 2.45. The van der Waals surface area contributed by atoms with Gasteiger partial charge in [0.05, 0.1) is 26.4 Å². The molecule has 0 spiro atoms. The van der Waals surface area contributed by atoms with Crippen LogP contribution in [0.5, 0.6) is 0 Å². The number of phosphoric ester groups is 2. The van der Waals surface area contributed by atoms with Gasteiger partial charge in [-0.2, -0.15) is 0 Å². The molecule has 654 valence electrons. The Morgan fingerprint density at radius 2 is 0.418 bits per heavy atom. The summed E-state index contributed by atoms with van der Waals surface area (Å²) in [4.78, 5) is 73.4. The van der Waals surface area contributed by atoms with Gasteiger partial charge in [0.25, 0.3) is 0 Å². The molecule has 0 aliphatic heterocycles. The number of unbranched alkanes of at least 4 members (excludes halogenated alkanes) is 63. The van der Waals surface area contributed by atoms with Gasteiger partial charge in [-0.1, -0.05) is 446 Å². The summed E-state index contributed by atoms with van der Waals surface area (Å²) in [5, 5.41) is 10.7. The molecule has 110 heavy (non-hydrogen) atoms. The smallest absolute Gasteiger partial charge is 0.462 e. The van der Waals surface area contributed by atoms with Crippen LogP contribution < -0.4 is 0 Å². The SMILES string of the molecule is CCCCCCCCCCCCCCCCCCCCCCCCC(=O)OC[C@H](COP(=O)(O)OC[C@@H](O)COP(=O)(O)OC[C@@H](COC(=O)CCCCCCCCCCCCCC)OC(=O)CCCCCCCCCCCCCC(C)C)OC(=O)CCCCCCCCCCCCCCCCCCCCCCCC. The number of ether oxygens (including phenoxy) is 4. The van der Waals surface area contributed by atoms with E-state index < -0.39 is 97.5 Å². The fraction of sp³-hybridized carbons (Fsp3) is 0.956. The Hall–Kier alpha value is -1.94. The van der Waals surface area contributed by atoms with Gasteiger partial charge in [0.1, 0.15) is 19.3 Å². The van der Waals surface area contributed by atoms with Gasteiger partial charge >= 0.3 is 39.5 Å². The van der Waals surface area contributed by atoms with Crippen molar-refractivity contribution in [3.8, 4) is 0 Å². The van der Waals surface area contributed by atoms with Gasteiger partial charge in [0.15, 0.2) is 12.2 Å². The molecule has 0 aliphatic rings. The molecule has 0 bridgehead atoms. The van der Waals surface area contributed by atoms with Gasteiger partial charge < -0.3 is 33.8 Å². The van der Waals surface area contributed by atoms with E-state index >= 15 is 0 Å². The maximum absolute atomic E-state index is 13.2. The minimum Gasteiger partial charge on any atom is -0.462 e. The molecule has 17 nitrogen and oxygen atoms in total. The van der Waals surface area contributed by atoms with E-state index in [0.29, 0.717) is 25.7 Å². The summed E-state index contributed by atoms with van der Waals surface area (Å²) >= 11 is 0. The van der Waals surface area contributed by atoms with Crippen molar-refractivity contribution >= 4 is 39.5 Å². The van der Waals surface area contributed by atoms with Gasteiger partial charge in [0.2, 0.25) is 0 Å². The monoisotopic (exact) mass is 1610 g/mol. The summed E-state index contributed by atoms with van der Waals surface area (Å²) in [5.41, 5.74) is 0. The molecule has 0 rings (SSSR count). The average molecular weight is 1610 g/mol. The van der Waals surface area contributed by atoms with Crippen LogP contribution in [0.3, 0.4) is 0 Å². The normalized spacial score (nSPS) is 13.7. The third-order valence-electron chi connectivity index (χ3n) is 21.5. The van der Waals surface area contributed by atoms with Crippen molar-refractivity contribution in [3.05, 3.63) is 0 Å². The highest BCUT2D eigenvalue weighted by molar-refractivity contribution is 7.47. The van der Waals surface area contributed by atoms with Crippen LogP contribution >= 0.6 is 15.6 Å². The second-order valence-electron chi connectivity index (χ2n) is 33.2. The van der Waals surface area contributed by atoms with E-state index in [1.165, 1.54) is 321 Å². The number of aliphatic hydroxyl groups is 1. The third kappa shape index (κ3) is 84.0. The fourth-order valence-corrected chi connectivity index (χ4v) is 15.9. The Labute approximate surface area is 677 Å². The number of hydrogen-bond acceptors (Lipinski definition) is 15. The third-order valence-corrected chi connectivity index (χ3v) is 23.4. The Morgan fingerprint density at radius 1 is 0.245 bits per heavy atom. The minimum atomic E-state index is -4.97. The van der Waals surface area contributed by atoms with E-state index in [2.05, 4.69) is 34.6 Å². The maximum Gasteiger partial charge on any atom is 0.472 e. The molecule has 0 saturated carbocycles. The molecule has 2 unspecified atom stereocenters. The topological polar surface area (TPSA) is 237 Å². The van der Waals surface area contributed by atoms with E-state index in [1.54, 1.807) is 0 Å². The van der Waals surface area contributed by atoms with Crippen LogP contribution in [0.4, 0.5) is 0 Å². The molecule has 0 aromatic heterocycles. The Balaban J connectivity index is 5.22. The van der Waals surface area contributed by atoms with Gasteiger partial charge in [-0.15, -0.1) is 0 Å². The number of esters is 4. The predicted octanol–water partition coefficient (Wildman–Crippen LogP) is 28.3. The molecule has 0 heterocycles. The highest BCUT2D eigenvalue weighted by atomic mass is 31.2. The van der Waals surface area contributed by atoms with E-state index in [9.17, 15) is 43.2 Å². The quantitative estimate of drug-likeness (QED) is 0.0222. The summed E-state index contributed by atoms with van der Waals surface area (Å²) in [6, 6.07) is 0. The molecule has 0 amide bonds. The number of phosphoric acid groups is 2. The fourth-order valence-electron chi connectivity index (χ4n) is 14.4. The van der Waals surface area contributed by atoms with Crippen LogP contribution in [0.15, 0.2) is 0 Å². The lowest BCUT2D eigenvalue weighted by Gasteiger charge is -2.21. The van der Waals surface area contributed by atoms with Crippen molar-refractivity contribution in [2.24, 2.45) is 5.92 Å². The van der Waals surface area contributed by atoms with Crippen LogP contribution in [0.25, 0.3) is 0 Å². The summed E-state index contributed by atoms with van der Waals surface area (Å²) in [7, 11) is -9.93. The first-order valence-corrected chi connectivity index (χ1v) is 50.1. The van der Waals surface area contributed by atoms with E-state index in [0.717, 1.165) is 95.8 Å². The van der Waals surface area contributed by atoms with Gasteiger partial charge in [-0.25, -0.2) is 9.13 Å². The molecular formula is C91H178O17P2. The van der Waals surface area contributed by atoms with Gasteiger partial charge in [0, 0.05) is 25.7 Å². The number of carbonyl (C=O) groups excluding carboxylic acids is 4. The van der Waals surface area contributed by atoms with Crippen LogP contribution in [-0.4, -0.2) is 96.7 Å². The minimum absolute atomic E-state index is 0.107. The number of aliphatic hydroxyl groups excluding tert-OH is 1. The summed E-state index contributed by atoms with van der Waals surface area (Å²) in [6.07, 6.45) is 79.4. The van der Waals surface area contributed by atoms with Crippen LogP contribution in [-0.2, 0) is 65.4 Å². The largest absolute Gasteiger partial charge is 0.472 e. The standard InChI is InChI=1S/C91H178O17P2/c1-6-9-12-15-18-21-24-27-29-31-33-35-37-39-41-43-45-50-55-60-65-70-75-89(94)102-81-86(107-90(95)76-71-66-61-56-51-46-44-42-40-38-36-34-32-30-28-25-22-19-16-13-10-7-2)82-105-109(97,98)103-78-85(92)79-104-110(99,100)106-83-87(80-101-88(93)74-69-64-59-54-49-26-23-20-17-14-11-8-3)108-91(96)77-72-67-62-57-52-47-48-53-58-63-68-73-84(4)5/h84-87,92H,6-83H2,1-5H3,(H,97,98)(H,99,100)/t85-,86-,87-/m1/s1. The lowest BCUT2D eigenvalue weighted by molar-refractivity contribution is -0.161. The first-order chi connectivity index (χ1) is 53.5. The lowest BCUT2D eigenvalue weighted by atomic mass is 10.0. The summed E-state index contributed by atoms with van der Waals surface area (Å²) < 4.78 is 69.0. The zero-order chi connectivity index (χ0) is 80.4. The average Bonchev–Trinajstić information content (AvgIpc) is 0.895. The van der Waals surface area contributed by atoms with E-state index in [1.807, 2.05) is 0 Å². The molecule has 0 aromatic rings.